The van der Waals surface area contributed by atoms with E-state index in [1.54, 1.807) is 11.1 Å². The van der Waals surface area contributed by atoms with Crippen LogP contribution in [0.4, 0.5) is 0 Å². The summed E-state index contributed by atoms with van der Waals surface area (Å²) in [4.78, 5) is 0. The normalized spacial score (nSPS) is 28.9. The molecule has 0 bridgehead atoms. The molecule has 16 heavy (non-hydrogen) atoms. The first-order chi connectivity index (χ1) is 7.74. The Hall–Kier alpha value is -0.820. The van der Waals surface area contributed by atoms with E-state index in [1.165, 1.54) is 31.2 Å². The highest BCUT2D eigenvalue weighted by atomic mass is 14.7. The van der Waals surface area contributed by atoms with Gasteiger partial charge in [0.25, 0.3) is 0 Å². The zero-order valence-corrected chi connectivity index (χ0v) is 10.1. The van der Waals surface area contributed by atoms with Gasteiger partial charge in [-0.25, -0.2) is 0 Å². The van der Waals surface area contributed by atoms with E-state index in [-0.39, 0.29) is 0 Å². The highest BCUT2D eigenvalue weighted by Gasteiger charge is 2.37. The molecule has 3 unspecified atom stereocenters. The second-order valence-corrected chi connectivity index (χ2v) is 5.70. The van der Waals surface area contributed by atoms with Gasteiger partial charge < -0.3 is 5.73 Å². The Balaban J connectivity index is 1.70. The Kier molecular flexibility index (Phi) is 2.51. The third-order valence-corrected chi connectivity index (χ3v) is 4.36. The topological polar surface area (TPSA) is 26.0 Å². The summed E-state index contributed by atoms with van der Waals surface area (Å²) in [6.45, 7) is 2.31. The lowest BCUT2D eigenvalue weighted by Gasteiger charge is -2.12. The molecule has 86 valence electrons. The molecule has 0 saturated heterocycles. The van der Waals surface area contributed by atoms with Gasteiger partial charge in [0, 0.05) is 6.04 Å². The number of nitrogens with two attached hydrogens (primary N) is 1. The summed E-state index contributed by atoms with van der Waals surface area (Å²) in [7, 11) is 0. The van der Waals surface area contributed by atoms with E-state index in [1.807, 2.05) is 0 Å². The molecule has 1 saturated carbocycles. The molecule has 0 aromatic heterocycles. The molecule has 0 aliphatic heterocycles. The molecule has 1 fully saturated rings. The summed E-state index contributed by atoms with van der Waals surface area (Å²) in [5, 5.41) is 0. The predicted octanol–water partition coefficient (Wildman–Crippen LogP) is 2.70. The van der Waals surface area contributed by atoms with Gasteiger partial charge in [-0.1, -0.05) is 25.1 Å². The van der Waals surface area contributed by atoms with Gasteiger partial charge in [-0.15, -0.1) is 0 Å². The number of aryl methyl sites for hydroxylation is 2. The fourth-order valence-electron chi connectivity index (χ4n) is 3.12. The van der Waals surface area contributed by atoms with Gasteiger partial charge in [-0.3, -0.25) is 0 Å². The second-order valence-electron chi connectivity index (χ2n) is 5.70. The van der Waals surface area contributed by atoms with Crippen molar-refractivity contribution in [1.29, 1.82) is 0 Å². The minimum absolute atomic E-state index is 0.384. The van der Waals surface area contributed by atoms with Crippen molar-refractivity contribution in [2.75, 3.05) is 0 Å². The van der Waals surface area contributed by atoms with Gasteiger partial charge in [-0.05, 0) is 60.6 Å². The SMILES string of the molecule is CC1CC1C(N)Cc1ccc2c(c1)CCC2. The quantitative estimate of drug-likeness (QED) is 0.824. The van der Waals surface area contributed by atoms with E-state index in [9.17, 15) is 0 Å². The predicted molar refractivity (Wildman–Crippen MR) is 67.4 cm³/mol. The lowest BCUT2D eigenvalue weighted by molar-refractivity contribution is 0.560. The number of hydrogen-bond acceptors (Lipinski definition) is 1. The molecule has 0 radical (unpaired) electrons. The van der Waals surface area contributed by atoms with Gasteiger partial charge in [0.2, 0.25) is 0 Å². The first-order valence-electron chi connectivity index (χ1n) is 6.60. The Morgan fingerprint density at radius 2 is 2.06 bits per heavy atom. The standard InChI is InChI=1S/C15H21N/c1-10-7-14(10)15(16)9-11-5-6-12-3-2-4-13(12)8-11/h5-6,8,10,14-15H,2-4,7,9,16H2,1H3. The molecule has 2 aliphatic rings. The lowest BCUT2D eigenvalue weighted by Crippen LogP contribution is -2.25. The van der Waals surface area contributed by atoms with Crippen LogP contribution < -0.4 is 5.73 Å². The summed E-state index contributed by atoms with van der Waals surface area (Å²) in [6.07, 6.45) is 6.30. The zero-order chi connectivity index (χ0) is 11.1. The molecule has 2 N–H and O–H groups in total. The van der Waals surface area contributed by atoms with E-state index in [4.69, 9.17) is 5.73 Å². The van der Waals surface area contributed by atoms with Gasteiger partial charge in [-0.2, -0.15) is 0 Å². The maximum atomic E-state index is 6.25. The van der Waals surface area contributed by atoms with Crippen LogP contribution in [0.2, 0.25) is 0 Å². The summed E-state index contributed by atoms with van der Waals surface area (Å²) in [5.74, 6) is 1.65. The number of benzene rings is 1. The van der Waals surface area contributed by atoms with Crippen LogP contribution in [-0.2, 0) is 19.3 Å². The Labute approximate surface area is 98.0 Å². The first kappa shape index (κ1) is 10.3. The van der Waals surface area contributed by atoms with Crippen LogP contribution in [-0.4, -0.2) is 6.04 Å². The molecule has 2 aliphatic carbocycles. The molecule has 1 heteroatoms. The molecule has 3 atom stereocenters. The van der Waals surface area contributed by atoms with E-state index in [2.05, 4.69) is 25.1 Å². The Morgan fingerprint density at radius 3 is 2.81 bits per heavy atom. The second kappa shape index (κ2) is 3.89. The van der Waals surface area contributed by atoms with E-state index in [0.717, 1.165) is 18.3 Å². The number of fused-ring (bicyclic) bond motifs is 1. The zero-order valence-electron chi connectivity index (χ0n) is 10.1. The molecule has 1 nitrogen and oxygen atoms in total. The first-order valence-corrected chi connectivity index (χ1v) is 6.60. The molecule has 3 rings (SSSR count). The van der Waals surface area contributed by atoms with Crippen LogP contribution in [0.3, 0.4) is 0 Å². The number of rotatable bonds is 3. The van der Waals surface area contributed by atoms with E-state index in [0.29, 0.717) is 6.04 Å². The molecule has 1 aromatic rings. The Morgan fingerprint density at radius 1 is 1.31 bits per heavy atom. The van der Waals surface area contributed by atoms with E-state index < -0.39 is 0 Å². The molecule has 1 aromatic carbocycles. The minimum Gasteiger partial charge on any atom is -0.327 e. The van der Waals surface area contributed by atoms with Crippen molar-refractivity contribution in [3.8, 4) is 0 Å². The van der Waals surface area contributed by atoms with Crippen LogP contribution >= 0.6 is 0 Å². The summed E-state index contributed by atoms with van der Waals surface area (Å²) >= 11 is 0. The van der Waals surface area contributed by atoms with Crippen molar-refractivity contribution < 1.29 is 0 Å². The van der Waals surface area contributed by atoms with Gasteiger partial charge >= 0.3 is 0 Å². The Bertz CT molecular complexity index is 396. The van der Waals surface area contributed by atoms with Crippen LogP contribution in [0, 0.1) is 11.8 Å². The molecular weight excluding hydrogens is 194 g/mol. The van der Waals surface area contributed by atoms with Gasteiger partial charge in [0.05, 0.1) is 0 Å². The monoisotopic (exact) mass is 215 g/mol. The minimum atomic E-state index is 0.384. The highest BCUT2D eigenvalue weighted by Crippen LogP contribution is 2.40. The van der Waals surface area contributed by atoms with Crippen molar-refractivity contribution in [3.05, 3.63) is 34.9 Å². The fraction of sp³-hybridized carbons (Fsp3) is 0.600. The third kappa shape index (κ3) is 1.89. The number of hydrogen-bond donors (Lipinski definition) is 1. The van der Waals surface area contributed by atoms with Crippen molar-refractivity contribution >= 4 is 0 Å². The van der Waals surface area contributed by atoms with Crippen LogP contribution in [0.15, 0.2) is 18.2 Å². The largest absolute Gasteiger partial charge is 0.327 e. The lowest BCUT2D eigenvalue weighted by atomic mass is 9.98. The van der Waals surface area contributed by atoms with Crippen LogP contribution in [0.25, 0.3) is 0 Å². The summed E-state index contributed by atoms with van der Waals surface area (Å²) in [5.41, 5.74) is 10.8. The smallest absolute Gasteiger partial charge is 0.0110 e. The van der Waals surface area contributed by atoms with Gasteiger partial charge in [0.1, 0.15) is 0 Å². The fourth-order valence-corrected chi connectivity index (χ4v) is 3.12. The molecule has 0 amide bonds. The van der Waals surface area contributed by atoms with Crippen LogP contribution in [0.1, 0.15) is 36.5 Å². The third-order valence-electron chi connectivity index (χ3n) is 4.36. The van der Waals surface area contributed by atoms with Crippen molar-refractivity contribution in [2.24, 2.45) is 17.6 Å². The molecule has 0 heterocycles. The molecule has 0 spiro atoms. The molecular formula is C15H21N. The average molecular weight is 215 g/mol. The average Bonchev–Trinajstić information content (AvgIpc) is 2.83. The maximum Gasteiger partial charge on any atom is 0.0110 e. The van der Waals surface area contributed by atoms with Gasteiger partial charge in [0.15, 0.2) is 0 Å². The van der Waals surface area contributed by atoms with Crippen molar-refractivity contribution in [3.63, 3.8) is 0 Å². The van der Waals surface area contributed by atoms with E-state index >= 15 is 0 Å². The summed E-state index contributed by atoms with van der Waals surface area (Å²) < 4.78 is 0. The van der Waals surface area contributed by atoms with Crippen molar-refractivity contribution in [2.45, 2.75) is 45.1 Å². The summed E-state index contributed by atoms with van der Waals surface area (Å²) in [6, 6.07) is 7.39. The maximum absolute atomic E-state index is 6.25. The van der Waals surface area contributed by atoms with Crippen LogP contribution in [0.5, 0.6) is 0 Å². The highest BCUT2D eigenvalue weighted by molar-refractivity contribution is 5.35. The van der Waals surface area contributed by atoms with Crippen molar-refractivity contribution in [1.82, 2.24) is 0 Å².